The third kappa shape index (κ3) is 3.91. The van der Waals surface area contributed by atoms with E-state index in [0.29, 0.717) is 34.0 Å². The number of nitrogens with zero attached hydrogens (tertiary/aromatic N) is 3. The fraction of sp³-hybridized carbons (Fsp3) is 0.208. The Kier molecular flexibility index (Phi) is 5.26. The molecule has 33 heavy (non-hydrogen) atoms. The number of hydrogen-bond donors (Lipinski definition) is 1. The monoisotopic (exact) mass is 460 g/mol. The summed E-state index contributed by atoms with van der Waals surface area (Å²) in [5, 5.41) is 8.12. The zero-order chi connectivity index (χ0) is 23.1. The summed E-state index contributed by atoms with van der Waals surface area (Å²) >= 11 is 1.32. The van der Waals surface area contributed by atoms with Crippen LogP contribution in [0.1, 0.15) is 42.4 Å². The van der Waals surface area contributed by atoms with Gasteiger partial charge in [0.05, 0.1) is 17.5 Å². The van der Waals surface area contributed by atoms with E-state index in [0.717, 1.165) is 21.4 Å². The van der Waals surface area contributed by atoms with Gasteiger partial charge in [0, 0.05) is 29.4 Å². The van der Waals surface area contributed by atoms with E-state index in [9.17, 15) is 14.4 Å². The highest BCUT2D eigenvalue weighted by atomic mass is 32.1. The predicted octanol–water partition coefficient (Wildman–Crippen LogP) is 3.92. The molecule has 5 rings (SSSR count). The van der Waals surface area contributed by atoms with Crippen LogP contribution in [0.5, 0.6) is 0 Å². The minimum absolute atomic E-state index is 0.0689. The van der Waals surface area contributed by atoms with Gasteiger partial charge in [-0.25, -0.2) is 4.98 Å². The molecule has 0 saturated carbocycles. The lowest BCUT2D eigenvalue weighted by atomic mass is 10.1. The Morgan fingerprint density at radius 2 is 1.79 bits per heavy atom. The fourth-order valence-electron chi connectivity index (χ4n) is 3.83. The molecule has 4 aromatic rings. The summed E-state index contributed by atoms with van der Waals surface area (Å²) in [7, 11) is 0. The van der Waals surface area contributed by atoms with E-state index in [-0.39, 0.29) is 30.7 Å². The van der Waals surface area contributed by atoms with Crippen molar-refractivity contribution in [3.05, 3.63) is 75.4 Å². The number of amides is 3. The molecule has 9 heteroatoms. The summed E-state index contributed by atoms with van der Waals surface area (Å²) in [5.41, 5.74) is 4.32. The molecule has 0 spiro atoms. The maximum atomic E-state index is 12.5. The molecule has 0 radical (unpaired) electrons. The van der Waals surface area contributed by atoms with Gasteiger partial charge in [-0.15, -0.1) is 11.3 Å². The number of aromatic nitrogens is 2. The maximum absolute atomic E-state index is 12.5. The van der Waals surface area contributed by atoms with Crippen LogP contribution in [0.2, 0.25) is 0 Å². The quantitative estimate of drug-likeness (QED) is 0.437. The molecule has 0 atom stereocenters. The number of benzene rings is 2. The Bertz CT molecular complexity index is 1390. The Morgan fingerprint density at radius 1 is 1.09 bits per heavy atom. The van der Waals surface area contributed by atoms with E-state index in [1.165, 1.54) is 16.2 Å². The molecule has 0 fully saturated rings. The molecule has 8 nitrogen and oxygen atoms in total. The first-order chi connectivity index (χ1) is 15.9. The topological polar surface area (TPSA) is 105 Å². The van der Waals surface area contributed by atoms with Gasteiger partial charge in [0.25, 0.3) is 11.8 Å². The molecule has 1 aliphatic rings. The van der Waals surface area contributed by atoms with Gasteiger partial charge in [-0.05, 0) is 49.2 Å². The summed E-state index contributed by atoms with van der Waals surface area (Å²) in [5.74, 6) is -0.803. The van der Waals surface area contributed by atoms with Crippen LogP contribution in [-0.2, 0) is 17.6 Å². The van der Waals surface area contributed by atoms with Crippen LogP contribution >= 0.6 is 11.3 Å². The van der Waals surface area contributed by atoms with Gasteiger partial charge < -0.3 is 9.84 Å². The van der Waals surface area contributed by atoms with Gasteiger partial charge in [0.2, 0.25) is 5.91 Å². The molecule has 0 aliphatic carbocycles. The van der Waals surface area contributed by atoms with Crippen LogP contribution in [0.4, 0.5) is 5.13 Å². The van der Waals surface area contributed by atoms with Gasteiger partial charge in [-0.3, -0.25) is 19.3 Å². The predicted molar refractivity (Wildman–Crippen MR) is 123 cm³/mol. The molecule has 1 N–H and O–H groups in total. The number of nitrogens with one attached hydrogen (secondary N) is 1. The number of carbonyl (C=O) groups is 3. The van der Waals surface area contributed by atoms with Gasteiger partial charge in [-0.1, -0.05) is 17.3 Å². The Morgan fingerprint density at radius 3 is 2.52 bits per heavy atom. The molecule has 2 aromatic carbocycles. The van der Waals surface area contributed by atoms with E-state index in [1.807, 2.05) is 26.0 Å². The standard InChI is InChI=1S/C24H20N4O4S/c1-13-9-18-19(27-32-20(18)10-14(13)2)11-21(29)26-24-25-12-15(33-24)7-8-28-22(30)16-5-3-4-6-17(16)23(28)31/h3-6,9-10,12H,7-8,11H2,1-2H3,(H,25,26,29). The molecular weight excluding hydrogens is 440 g/mol. The average molecular weight is 461 g/mol. The van der Waals surface area contributed by atoms with Crippen molar-refractivity contribution in [2.24, 2.45) is 0 Å². The number of rotatable bonds is 6. The minimum Gasteiger partial charge on any atom is -0.356 e. The van der Waals surface area contributed by atoms with E-state index < -0.39 is 0 Å². The molecular formula is C24H20N4O4S. The van der Waals surface area contributed by atoms with Crippen LogP contribution < -0.4 is 5.32 Å². The number of imide groups is 1. The van der Waals surface area contributed by atoms with Gasteiger partial charge in [0.15, 0.2) is 10.7 Å². The van der Waals surface area contributed by atoms with Crippen molar-refractivity contribution in [3.63, 3.8) is 0 Å². The Labute approximate surface area is 193 Å². The average Bonchev–Trinajstić information content (AvgIpc) is 3.46. The number of carbonyl (C=O) groups excluding carboxylic acids is 3. The summed E-state index contributed by atoms with van der Waals surface area (Å²) < 4.78 is 5.36. The molecule has 0 bridgehead atoms. The van der Waals surface area contributed by atoms with E-state index in [2.05, 4.69) is 15.5 Å². The summed E-state index contributed by atoms with van der Waals surface area (Å²) in [6, 6.07) is 10.7. The van der Waals surface area contributed by atoms with Crippen molar-refractivity contribution >= 4 is 45.2 Å². The smallest absolute Gasteiger partial charge is 0.261 e. The highest BCUT2D eigenvalue weighted by Gasteiger charge is 2.34. The van der Waals surface area contributed by atoms with E-state index in [1.54, 1.807) is 30.5 Å². The third-order valence-electron chi connectivity index (χ3n) is 5.75. The second kappa shape index (κ2) is 8.25. The van der Waals surface area contributed by atoms with Gasteiger partial charge >= 0.3 is 0 Å². The lowest BCUT2D eigenvalue weighted by Gasteiger charge is -2.12. The van der Waals surface area contributed by atoms with Crippen molar-refractivity contribution in [1.82, 2.24) is 15.0 Å². The normalized spacial score (nSPS) is 13.1. The van der Waals surface area contributed by atoms with Crippen LogP contribution in [0, 0.1) is 13.8 Å². The molecule has 3 heterocycles. The maximum Gasteiger partial charge on any atom is 0.261 e. The Balaban J connectivity index is 1.20. The molecule has 1 aliphatic heterocycles. The van der Waals surface area contributed by atoms with Gasteiger partial charge in [0.1, 0.15) is 5.69 Å². The van der Waals surface area contributed by atoms with Crippen LogP contribution in [0.3, 0.4) is 0 Å². The SMILES string of the molecule is Cc1cc2onc(CC(=O)Nc3ncc(CCN4C(=O)c5ccccc5C4=O)s3)c2cc1C. The second-order valence-electron chi connectivity index (χ2n) is 7.98. The van der Waals surface area contributed by atoms with Crippen LogP contribution in [-0.4, -0.2) is 39.3 Å². The molecule has 3 amide bonds. The summed E-state index contributed by atoms with van der Waals surface area (Å²) in [6.45, 7) is 4.26. The fourth-order valence-corrected chi connectivity index (χ4v) is 4.65. The highest BCUT2D eigenvalue weighted by molar-refractivity contribution is 7.15. The number of anilines is 1. The first kappa shape index (κ1) is 21.0. The number of hydrogen-bond acceptors (Lipinski definition) is 7. The Hall–Kier alpha value is -3.85. The zero-order valence-corrected chi connectivity index (χ0v) is 18.9. The number of thiazole rings is 1. The molecule has 2 aromatic heterocycles. The number of fused-ring (bicyclic) bond motifs is 2. The third-order valence-corrected chi connectivity index (χ3v) is 6.72. The minimum atomic E-state index is -0.279. The highest BCUT2D eigenvalue weighted by Crippen LogP contribution is 2.26. The largest absolute Gasteiger partial charge is 0.356 e. The van der Waals surface area contributed by atoms with Gasteiger partial charge in [-0.2, -0.15) is 0 Å². The van der Waals surface area contributed by atoms with Crippen LogP contribution in [0.15, 0.2) is 47.1 Å². The molecule has 0 saturated heterocycles. The second-order valence-corrected chi connectivity index (χ2v) is 9.09. The molecule has 0 unspecified atom stereocenters. The van der Waals surface area contributed by atoms with Crippen molar-refractivity contribution in [3.8, 4) is 0 Å². The molecule has 166 valence electrons. The lowest BCUT2D eigenvalue weighted by molar-refractivity contribution is -0.115. The van der Waals surface area contributed by atoms with E-state index >= 15 is 0 Å². The first-order valence-electron chi connectivity index (χ1n) is 10.5. The lowest BCUT2D eigenvalue weighted by Crippen LogP contribution is -2.31. The first-order valence-corrected chi connectivity index (χ1v) is 11.3. The van der Waals surface area contributed by atoms with Crippen molar-refractivity contribution in [2.75, 3.05) is 11.9 Å². The summed E-state index contributed by atoms with van der Waals surface area (Å²) in [4.78, 5) is 43.9. The zero-order valence-electron chi connectivity index (χ0n) is 18.0. The summed E-state index contributed by atoms with van der Waals surface area (Å²) in [6.07, 6.45) is 2.18. The van der Waals surface area contributed by atoms with Crippen molar-refractivity contribution < 1.29 is 18.9 Å². The number of aryl methyl sites for hydroxylation is 2. The van der Waals surface area contributed by atoms with E-state index in [4.69, 9.17) is 4.52 Å². The van der Waals surface area contributed by atoms with Crippen molar-refractivity contribution in [2.45, 2.75) is 26.7 Å². The van der Waals surface area contributed by atoms with Crippen molar-refractivity contribution in [1.29, 1.82) is 0 Å². The van der Waals surface area contributed by atoms with Crippen LogP contribution in [0.25, 0.3) is 11.0 Å².